The van der Waals surface area contributed by atoms with Crippen LogP contribution in [0.5, 0.6) is 5.75 Å². The molecular weight excluding hydrogens is 474 g/mol. The molecule has 0 atom stereocenters. The van der Waals surface area contributed by atoms with Crippen LogP contribution in [-0.2, 0) is 19.6 Å². The molecule has 0 heterocycles. The van der Waals surface area contributed by atoms with Gasteiger partial charge in [0.15, 0.2) is 6.61 Å². The predicted molar refractivity (Wildman–Crippen MR) is 122 cm³/mol. The van der Waals surface area contributed by atoms with Crippen LogP contribution in [0, 0.1) is 0 Å². The molecule has 176 valence electrons. The van der Waals surface area contributed by atoms with Crippen molar-refractivity contribution in [2.45, 2.75) is 4.90 Å². The van der Waals surface area contributed by atoms with Crippen molar-refractivity contribution in [3.63, 3.8) is 0 Å². The third-order valence-electron chi connectivity index (χ3n) is 4.22. The van der Waals surface area contributed by atoms with Crippen molar-refractivity contribution in [3.8, 4) is 5.75 Å². The van der Waals surface area contributed by atoms with Gasteiger partial charge in [-0.15, -0.1) is 6.58 Å². The lowest BCUT2D eigenvalue weighted by Gasteiger charge is -2.23. The Hall–Kier alpha value is -3.57. The summed E-state index contributed by atoms with van der Waals surface area (Å²) in [5.74, 6) is -1.37. The number of rotatable bonds is 9. The maximum absolute atomic E-state index is 13.3. The van der Waals surface area contributed by atoms with Crippen molar-refractivity contribution in [1.82, 2.24) is 10.6 Å². The number of sulfonamides is 1. The number of amides is 3. The minimum Gasteiger partial charge on any atom is -0.497 e. The van der Waals surface area contributed by atoms with Crippen molar-refractivity contribution in [2.75, 3.05) is 31.6 Å². The number of benzene rings is 2. The second-order valence-corrected chi connectivity index (χ2v) is 8.64. The number of ether oxygens (including phenoxy) is 2. The van der Waals surface area contributed by atoms with Crippen molar-refractivity contribution in [3.05, 3.63) is 65.7 Å². The summed E-state index contributed by atoms with van der Waals surface area (Å²) in [5.41, 5.74) is 0.0828. The highest BCUT2D eigenvalue weighted by atomic mass is 35.5. The molecule has 0 fully saturated rings. The summed E-state index contributed by atoms with van der Waals surface area (Å²) in [6, 6.07) is 9.10. The van der Waals surface area contributed by atoms with E-state index in [1.807, 2.05) is 5.32 Å². The first-order valence-electron chi connectivity index (χ1n) is 9.40. The molecule has 0 unspecified atom stereocenters. The number of hydrogen-bond acceptors (Lipinski definition) is 7. The summed E-state index contributed by atoms with van der Waals surface area (Å²) in [7, 11) is -1.34. The molecule has 0 bridgehead atoms. The topological polar surface area (TPSA) is 131 Å². The standard InChI is InChI=1S/C21H22ClN3O7S/c1-4-11-25(14-5-7-15(31-3)8-6-14)33(29,30)16-9-10-18(22)17(12-16)20(27)32-13-19(26)24-21(28)23-2/h4-10,12H,1,11,13H2,2-3H3,(H2,23,24,26,28). The zero-order valence-electron chi connectivity index (χ0n) is 17.8. The van der Waals surface area contributed by atoms with Gasteiger partial charge in [0.1, 0.15) is 5.75 Å². The van der Waals surface area contributed by atoms with Crippen LogP contribution in [0.4, 0.5) is 10.5 Å². The molecule has 0 radical (unpaired) electrons. The van der Waals surface area contributed by atoms with E-state index in [1.54, 1.807) is 24.3 Å². The van der Waals surface area contributed by atoms with E-state index in [1.165, 1.54) is 32.4 Å². The smallest absolute Gasteiger partial charge is 0.340 e. The molecule has 0 aliphatic carbocycles. The minimum atomic E-state index is -4.14. The Morgan fingerprint density at radius 1 is 1.15 bits per heavy atom. The lowest BCUT2D eigenvalue weighted by molar-refractivity contribution is -0.123. The Balaban J connectivity index is 2.32. The Bertz CT molecular complexity index is 1150. The van der Waals surface area contributed by atoms with Crippen LogP contribution in [0.15, 0.2) is 60.0 Å². The molecule has 3 amide bonds. The number of hydrogen-bond donors (Lipinski definition) is 2. The summed E-state index contributed by atoms with van der Waals surface area (Å²) in [6.45, 7) is 2.79. The first-order valence-corrected chi connectivity index (χ1v) is 11.2. The zero-order chi connectivity index (χ0) is 24.6. The molecule has 0 aliphatic rings. The van der Waals surface area contributed by atoms with Crippen LogP contribution in [0.2, 0.25) is 5.02 Å². The van der Waals surface area contributed by atoms with Gasteiger partial charge in [0.05, 0.1) is 34.8 Å². The maximum Gasteiger partial charge on any atom is 0.340 e. The van der Waals surface area contributed by atoms with Gasteiger partial charge in [-0.05, 0) is 42.5 Å². The quantitative estimate of drug-likeness (QED) is 0.403. The SMILES string of the molecule is C=CCN(c1ccc(OC)cc1)S(=O)(=O)c1ccc(Cl)c(C(=O)OCC(=O)NC(=O)NC)c1. The van der Waals surface area contributed by atoms with Crippen molar-refractivity contribution >= 4 is 45.2 Å². The number of carbonyl (C=O) groups excluding carboxylic acids is 3. The Morgan fingerprint density at radius 3 is 2.39 bits per heavy atom. The molecule has 0 saturated heterocycles. The van der Waals surface area contributed by atoms with Gasteiger partial charge in [-0.2, -0.15) is 0 Å². The number of urea groups is 1. The summed E-state index contributed by atoms with van der Waals surface area (Å²) >= 11 is 6.05. The Morgan fingerprint density at radius 2 is 1.82 bits per heavy atom. The summed E-state index contributed by atoms with van der Waals surface area (Å²) < 4.78 is 37.7. The number of esters is 1. The average Bonchev–Trinajstić information content (AvgIpc) is 2.81. The number of nitrogens with zero attached hydrogens (tertiary/aromatic N) is 1. The number of anilines is 1. The Labute approximate surface area is 196 Å². The van der Waals surface area contributed by atoms with E-state index < -0.39 is 34.5 Å². The zero-order valence-corrected chi connectivity index (χ0v) is 19.4. The highest BCUT2D eigenvalue weighted by Crippen LogP contribution is 2.28. The molecule has 0 aliphatic heterocycles. The number of methoxy groups -OCH3 is 1. The third kappa shape index (κ3) is 6.46. The minimum absolute atomic E-state index is 0.0449. The fourth-order valence-electron chi connectivity index (χ4n) is 2.59. The van der Waals surface area contributed by atoms with Crippen molar-refractivity contribution in [1.29, 1.82) is 0 Å². The van der Waals surface area contributed by atoms with Gasteiger partial charge in [0.25, 0.3) is 15.9 Å². The first kappa shape index (κ1) is 25.7. The highest BCUT2D eigenvalue weighted by molar-refractivity contribution is 7.92. The second kappa shape index (κ2) is 11.3. The van der Waals surface area contributed by atoms with Gasteiger partial charge in [-0.25, -0.2) is 18.0 Å². The highest BCUT2D eigenvalue weighted by Gasteiger charge is 2.26. The second-order valence-electron chi connectivity index (χ2n) is 6.37. The van der Waals surface area contributed by atoms with Gasteiger partial charge < -0.3 is 14.8 Å². The van der Waals surface area contributed by atoms with Crippen LogP contribution >= 0.6 is 11.6 Å². The van der Waals surface area contributed by atoms with E-state index in [0.29, 0.717) is 11.4 Å². The van der Waals surface area contributed by atoms with Crippen LogP contribution in [0.3, 0.4) is 0 Å². The summed E-state index contributed by atoms with van der Waals surface area (Å²) in [5, 5.41) is 4.01. The maximum atomic E-state index is 13.3. The molecule has 33 heavy (non-hydrogen) atoms. The van der Waals surface area contributed by atoms with Crippen molar-refractivity contribution < 1.29 is 32.3 Å². The van der Waals surface area contributed by atoms with E-state index in [9.17, 15) is 22.8 Å². The van der Waals surface area contributed by atoms with Crippen LogP contribution in [0.25, 0.3) is 0 Å². The predicted octanol–water partition coefficient (Wildman–Crippen LogP) is 2.34. The van der Waals surface area contributed by atoms with E-state index in [0.717, 1.165) is 10.4 Å². The number of imide groups is 1. The fraction of sp³-hybridized carbons (Fsp3) is 0.190. The van der Waals surface area contributed by atoms with Gasteiger partial charge in [0.2, 0.25) is 0 Å². The van der Waals surface area contributed by atoms with Gasteiger partial charge in [-0.3, -0.25) is 14.4 Å². The fourth-order valence-corrected chi connectivity index (χ4v) is 4.25. The van der Waals surface area contributed by atoms with E-state index in [4.69, 9.17) is 21.1 Å². The lowest BCUT2D eigenvalue weighted by atomic mass is 10.2. The van der Waals surface area contributed by atoms with Crippen LogP contribution < -0.4 is 19.7 Å². The Kier molecular flexibility index (Phi) is 8.83. The molecular formula is C21H22ClN3O7S. The molecule has 12 heteroatoms. The van der Waals surface area contributed by atoms with E-state index in [2.05, 4.69) is 11.9 Å². The molecule has 2 N–H and O–H groups in total. The normalized spacial score (nSPS) is 10.6. The summed E-state index contributed by atoms with van der Waals surface area (Å²) in [6.07, 6.45) is 1.41. The van der Waals surface area contributed by atoms with E-state index >= 15 is 0 Å². The molecule has 10 nitrogen and oxygen atoms in total. The number of nitrogens with one attached hydrogen (secondary N) is 2. The molecule has 0 saturated carbocycles. The van der Waals surface area contributed by atoms with Crippen molar-refractivity contribution in [2.24, 2.45) is 0 Å². The van der Waals surface area contributed by atoms with Gasteiger partial charge >= 0.3 is 12.0 Å². The molecule has 0 spiro atoms. The van der Waals surface area contributed by atoms with E-state index in [-0.39, 0.29) is 22.0 Å². The lowest BCUT2D eigenvalue weighted by Crippen LogP contribution is -2.39. The monoisotopic (exact) mass is 495 g/mol. The third-order valence-corrected chi connectivity index (χ3v) is 6.33. The molecule has 2 aromatic carbocycles. The molecule has 2 aromatic rings. The van der Waals surface area contributed by atoms with Crippen LogP contribution in [0.1, 0.15) is 10.4 Å². The first-order chi connectivity index (χ1) is 15.6. The number of carbonyl (C=O) groups is 3. The largest absolute Gasteiger partial charge is 0.497 e. The molecule has 2 rings (SSSR count). The summed E-state index contributed by atoms with van der Waals surface area (Å²) in [4.78, 5) is 34.9. The number of halogens is 1. The van der Waals surface area contributed by atoms with Gasteiger partial charge in [0, 0.05) is 7.05 Å². The average molecular weight is 496 g/mol. The molecule has 0 aromatic heterocycles. The van der Waals surface area contributed by atoms with Gasteiger partial charge in [-0.1, -0.05) is 17.7 Å². The van der Waals surface area contributed by atoms with Crippen LogP contribution in [-0.4, -0.2) is 53.6 Å².